The number of hydrogen-bond acceptors (Lipinski definition) is 10. The Balaban J connectivity index is -0.000000268. The fourth-order valence-corrected chi connectivity index (χ4v) is 3.96. The number of rotatable bonds is 21. The van der Waals surface area contributed by atoms with Gasteiger partial charge in [-0.25, -0.2) is 4.98 Å². The van der Waals surface area contributed by atoms with Gasteiger partial charge in [-0.2, -0.15) is 0 Å². The van der Waals surface area contributed by atoms with Crippen LogP contribution in [0.2, 0.25) is 0 Å². The van der Waals surface area contributed by atoms with Crippen molar-refractivity contribution in [2.45, 2.75) is 119 Å². The maximum atomic E-state index is 11.4. The molecule has 1 rings (SSSR count). The Labute approximate surface area is 312 Å². The van der Waals surface area contributed by atoms with Crippen molar-refractivity contribution < 1.29 is 32.0 Å². The quantitative estimate of drug-likeness (QED) is 0.0916. The summed E-state index contributed by atoms with van der Waals surface area (Å²) in [6, 6.07) is 1.39. The average Bonchev–Trinajstić information content (AvgIpc) is 3.41. The summed E-state index contributed by atoms with van der Waals surface area (Å²) in [5, 5.41) is 10.0. The predicted octanol–water partition coefficient (Wildman–Crippen LogP) is 3.77. The maximum Gasteiger partial charge on any atom is 0.200 e. The Hall–Kier alpha value is -0.990. The van der Waals surface area contributed by atoms with Crippen LogP contribution in [0.15, 0.2) is 12.4 Å². The van der Waals surface area contributed by atoms with Gasteiger partial charge in [-0.05, 0) is 92.6 Å². The molecule has 1 atom stereocenters. The average molecular weight is 851 g/mol. The molecule has 0 spiro atoms. The molecule has 0 bridgehead atoms. The molecule has 11 nitrogen and oxygen atoms in total. The summed E-state index contributed by atoms with van der Waals surface area (Å²) in [7, 11) is 8.19. The van der Waals surface area contributed by atoms with Gasteiger partial charge in [-0.15, -0.1) is 0 Å². The SMILES string of the molecule is CC(C)C(=O)c1nccn1C.CC(C)NCCCN(C)C.CC(C)NCCCN(C)CCCN.CC(C)NCC[C@@H](N)C(=O)C(C)C.[Ta]. The Morgan fingerprint density at radius 1 is 0.771 bits per heavy atom. The van der Waals surface area contributed by atoms with E-state index in [4.69, 9.17) is 11.5 Å². The van der Waals surface area contributed by atoms with Crippen LogP contribution in [0.3, 0.4) is 0 Å². The van der Waals surface area contributed by atoms with E-state index < -0.39 is 0 Å². The number of nitrogens with zero attached hydrogens (tertiary/aromatic N) is 4. The number of nitrogens with two attached hydrogens (primary N) is 2. The summed E-state index contributed by atoms with van der Waals surface area (Å²) < 4.78 is 1.74. The van der Waals surface area contributed by atoms with Crippen LogP contribution in [0.4, 0.5) is 0 Å². The number of carbonyl (C=O) groups excluding carboxylic acids is 2. The van der Waals surface area contributed by atoms with Crippen LogP contribution < -0.4 is 27.4 Å². The van der Waals surface area contributed by atoms with Crippen molar-refractivity contribution in [1.82, 2.24) is 35.3 Å². The van der Waals surface area contributed by atoms with Crippen LogP contribution in [0, 0.1) is 11.8 Å². The monoisotopic (exact) mass is 851 g/mol. The van der Waals surface area contributed by atoms with Gasteiger partial charge in [-0.1, -0.05) is 69.2 Å². The van der Waals surface area contributed by atoms with Crippen LogP contribution in [-0.2, 0) is 34.2 Å². The Morgan fingerprint density at radius 2 is 1.23 bits per heavy atom. The van der Waals surface area contributed by atoms with E-state index in [1.807, 2.05) is 34.7 Å². The van der Waals surface area contributed by atoms with Crippen molar-refractivity contribution in [1.29, 1.82) is 0 Å². The fraction of sp³-hybridized carbons (Fsp3) is 0.861. The molecule has 1 aromatic rings. The van der Waals surface area contributed by atoms with Gasteiger partial charge in [-0.3, -0.25) is 9.59 Å². The second-order valence-electron chi connectivity index (χ2n) is 14.1. The van der Waals surface area contributed by atoms with Crippen molar-refractivity contribution in [2.75, 3.05) is 67.0 Å². The third kappa shape index (κ3) is 36.3. The van der Waals surface area contributed by atoms with Gasteiger partial charge in [0.15, 0.2) is 11.6 Å². The van der Waals surface area contributed by atoms with Crippen LogP contribution in [0.1, 0.15) is 106 Å². The topological polar surface area (TPSA) is 147 Å². The standard InChI is InChI=1S/C10H25N3.C10H22N2O.C8H12N2O.C8H20N2.Ta/c1-10(2)12-7-5-9-13(3)8-4-6-11;1-7(2)10(13)9(11)5-6-12-8(3)4;1-6(2)7(11)8-9-4-5-10(8)3;1-8(2)9-6-5-7-10(3)4;/h10,12H,4-9,11H2,1-3H3;7-9,12H,5-6,11H2,1-4H3;4-6H,1-3H3;8-9H,5-7H2,1-4H3;/t;9-;;;/m.1.../s1. The molecule has 0 saturated carbocycles. The molecule has 7 N–H and O–H groups in total. The molecule has 0 amide bonds. The summed E-state index contributed by atoms with van der Waals surface area (Å²) in [5.41, 5.74) is 11.1. The Bertz CT molecular complexity index is 852. The predicted molar refractivity (Wildman–Crippen MR) is 203 cm³/mol. The second-order valence-corrected chi connectivity index (χ2v) is 14.1. The zero-order valence-corrected chi connectivity index (χ0v) is 36.8. The van der Waals surface area contributed by atoms with E-state index in [-0.39, 0.29) is 51.8 Å². The molecular weight excluding hydrogens is 771 g/mol. The summed E-state index contributed by atoms with van der Waals surface area (Å²) in [5.74, 6) is 0.869. The third-order valence-corrected chi connectivity index (χ3v) is 6.86. The molecule has 48 heavy (non-hydrogen) atoms. The number of ketones is 2. The van der Waals surface area contributed by atoms with E-state index in [2.05, 4.69) is 93.4 Å². The maximum absolute atomic E-state index is 11.4. The van der Waals surface area contributed by atoms with E-state index in [0.29, 0.717) is 23.9 Å². The minimum Gasteiger partial charge on any atom is -0.332 e. The molecule has 285 valence electrons. The number of hydrogen-bond donors (Lipinski definition) is 5. The van der Waals surface area contributed by atoms with Gasteiger partial charge in [0.25, 0.3) is 0 Å². The van der Waals surface area contributed by atoms with Gasteiger partial charge in [0, 0.05) is 71.8 Å². The third-order valence-electron chi connectivity index (χ3n) is 6.86. The molecule has 0 saturated heterocycles. The normalized spacial score (nSPS) is 11.6. The summed E-state index contributed by atoms with van der Waals surface area (Å²) in [6.07, 6.45) is 7.71. The Kier molecular flexibility index (Phi) is 38.6. The van der Waals surface area contributed by atoms with Crippen molar-refractivity contribution >= 4 is 11.6 Å². The van der Waals surface area contributed by atoms with Crippen molar-refractivity contribution in [2.24, 2.45) is 30.4 Å². The summed E-state index contributed by atoms with van der Waals surface area (Å²) >= 11 is 0. The minimum atomic E-state index is -0.300. The van der Waals surface area contributed by atoms with Crippen LogP contribution >= 0.6 is 0 Å². The molecule has 1 aromatic heterocycles. The zero-order chi connectivity index (χ0) is 36.9. The summed E-state index contributed by atoms with van der Waals surface area (Å²) in [6.45, 7) is 27.7. The molecule has 0 fully saturated rings. The number of aryl methyl sites for hydroxylation is 1. The number of Topliss-reactive ketones (excluding diaryl/α,β-unsaturated/α-hetero) is 2. The Morgan fingerprint density at radius 3 is 1.60 bits per heavy atom. The number of nitrogens with one attached hydrogen (secondary N) is 3. The van der Waals surface area contributed by atoms with Gasteiger partial charge in [0.2, 0.25) is 5.78 Å². The van der Waals surface area contributed by atoms with Gasteiger partial charge < -0.3 is 41.8 Å². The molecule has 1 heterocycles. The van der Waals surface area contributed by atoms with Gasteiger partial charge >= 0.3 is 0 Å². The molecular formula is C36H79N9O2Ta. The van der Waals surface area contributed by atoms with Crippen LogP contribution in [0.5, 0.6) is 0 Å². The zero-order valence-electron chi connectivity index (χ0n) is 33.6. The number of carbonyl (C=O) groups is 2. The molecule has 0 aliphatic carbocycles. The first-order valence-corrected chi connectivity index (χ1v) is 17.9. The van der Waals surface area contributed by atoms with E-state index in [1.54, 1.807) is 17.0 Å². The van der Waals surface area contributed by atoms with E-state index >= 15 is 0 Å². The van der Waals surface area contributed by atoms with Gasteiger partial charge in [0.1, 0.15) is 0 Å². The largest absolute Gasteiger partial charge is 0.332 e. The number of aromatic nitrogens is 2. The molecule has 0 aliphatic heterocycles. The molecule has 0 aromatic carbocycles. The smallest absolute Gasteiger partial charge is 0.200 e. The van der Waals surface area contributed by atoms with Crippen molar-refractivity contribution in [3.05, 3.63) is 18.2 Å². The molecule has 0 aliphatic rings. The first kappa shape index (κ1) is 53.8. The molecule has 12 heteroatoms. The van der Waals surface area contributed by atoms with E-state index in [1.165, 1.54) is 25.9 Å². The fourth-order valence-electron chi connectivity index (χ4n) is 3.96. The minimum absolute atomic E-state index is 0. The first-order chi connectivity index (χ1) is 21.9. The van der Waals surface area contributed by atoms with E-state index in [9.17, 15) is 9.59 Å². The second kappa shape index (κ2) is 34.5. The first-order valence-electron chi connectivity index (χ1n) is 17.9. The van der Waals surface area contributed by atoms with Crippen molar-refractivity contribution in [3.63, 3.8) is 0 Å². The van der Waals surface area contributed by atoms with Crippen LogP contribution in [-0.4, -0.2) is 122 Å². The number of imidazole rings is 1. The molecule has 1 radical (unpaired) electrons. The van der Waals surface area contributed by atoms with E-state index in [0.717, 1.165) is 45.6 Å². The molecule has 0 unspecified atom stereocenters. The summed E-state index contributed by atoms with van der Waals surface area (Å²) in [4.78, 5) is 31.2. The van der Waals surface area contributed by atoms with Crippen molar-refractivity contribution in [3.8, 4) is 0 Å². The van der Waals surface area contributed by atoms with Crippen LogP contribution in [0.25, 0.3) is 0 Å². The van der Waals surface area contributed by atoms with Gasteiger partial charge in [0.05, 0.1) is 6.04 Å².